The molecule has 1 fully saturated rings. The van der Waals surface area contributed by atoms with Gasteiger partial charge in [-0.15, -0.1) is 0 Å². The topological polar surface area (TPSA) is 56.8 Å². The summed E-state index contributed by atoms with van der Waals surface area (Å²) < 4.78 is 28.6. The third-order valence-electron chi connectivity index (χ3n) is 4.35. The van der Waals surface area contributed by atoms with Crippen LogP contribution in [0.5, 0.6) is 5.75 Å². The summed E-state index contributed by atoms with van der Waals surface area (Å²) in [5.41, 5.74) is 0.894. The van der Waals surface area contributed by atoms with Crippen molar-refractivity contribution in [3.05, 3.63) is 24.3 Å². The molecule has 5 nitrogen and oxygen atoms in total. The van der Waals surface area contributed by atoms with Crippen LogP contribution < -0.4 is 10.1 Å². The molecule has 6 heteroatoms. The lowest BCUT2D eigenvalue weighted by atomic mass is 9.89. The molecule has 1 saturated carbocycles. The maximum Gasteiger partial charge on any atom is 0.352 e. The maximum absolute atomic E-state index is 12.9. The Balaban J connectivity index is 2.20. The number of ether oxygens (including phenoxy) is 1. The Kier molecular flexibility index (Phi) is 6.30. The van der Waals surface area contributed by atoms with Crippen molar-refractivity contribution in [3.8, 4) is 5.75 Å². The fourth-order valence-electron chi connectivity index (χ4n) is 3.06. The molecule has 124 valence electrons. The first-order valence-corrected chi connectivity index (χ1v) is 9.36. The van der Waals surface area contributed by atoms with Crippen molar-refractivity contribution in [1.29, 1.82) is 0 Å². The number of hydrogen-bond donors (Lipinski definition) is 1. The lowest BCUT2D eigenvalue weighted by Gasteiger charge is -2.34. The fourth-order valence-corrected chi connectivity index (χ4v) is 4.79. The monoisotopic (exact) mass is 327 g/mol. The molecule has 0 radical (unpaired) electrons. The van der Waals surface area contributed by atoms with Crippen molar-refractivity contribution in [1.82, 2.24) is 0 Å². The summed E-state index contributed by atoms with van der Waals surface area (Å²) in [6.07, 6.45) is 5.67. The van der Waals surface area contributed by atoms with Gasteiger partial charge in [0.25, 0.3) is 0 Å². The van der Waals surface area contributed by atoms with Gasteiger partial charge in [0.2, 0.25) is 0 Å². The minimum atomic E-state index is -3.19. The molecule has 0 aromatic heterocycles. The number of anilines is 1. The molecule has 0 amide bonds. The quantitative estimate of drug-likeness (QED) is 0.747. The van der Waals surface area contributed by atoms with E-state index in [0.29, 0.717) is 5.92 Å². The Hall–Kier alpha value is -1.03. The Labute approximate surface area is 132 Å². The van der Waals surface area contributed by atoms with Gasteiger partial charge in [-0.1, -0.05) is 19.3 Å². The molecule has 0 aliphatic heterocycles. The van der Waals surface area contributed by atoms with Gasteiger partial charge in [-0.3, -0.25) is 4.57 Å². The molecule has 1 atom stereocenters. The number of benzene rings is 1. The Bertz CT molecular complexity index is 491. The normalized spacial score (nSPS) is 18.0. The van der Waals surface area contributed by atoms with Gasteiger partial charge in [0, 0.05) is 19.9 Å². The zero-order valence-electron chi connectivity index (χ0n) is 13.6. The predicted octanol–water partition coefficient (Wildman–Crippen LogP) is 4.50. The number of methoxy groups -OCH3 is 1. The van der Waals surface area contributed by atoms with Gasteiger partial charge in [-0.2, -0.15) is 0 Å². The van der Waals surface area contributed by atoms with Crippen molar-refractivity contribution in [2.24, 2.45) is 5.92 Å². The van der Waals surface area contributed by atoms with Crippen LogP contribution in [-0.4, -0.2) is 27.1 Å². The van der Waals surface area contributed by atoms with Gasteiger partial charge in [0.05, 0.1) is 7.11 Å². The second-order valence-corrected chi connectivity index (χ2v) is 7.99. The van der Waals surface area contributed by atoms with Crippen LogP contribution in [0, 0.1) is 5.92 Å². The van der Waals surface area contributed by atoms with E-state index in [9.17, 15) is 4.57 Å². The summed E-state index contributed by atoms with van der Waals surface area (Å²) >= 11 is 0. The molecule has 22 heavy (non-hydrogen) atoms. The fraction of sp³-hybridized carbons (Fsp3) is 0.625. The molecule has 1 aromatic carbocycles. The zero-order chi connectivity index (χ0) is 16.0. The Morgan fingerprint density at radius 1 is 1.05 bits per heavy atom. The molecule has 0 spiro atoms. The summed E-state index contributed by atoms with van der Waals surface area (Å²) in [5.74, 6) is 0.763. The van der Waals surface area contributed by atoms with E-state index in [1.165, 1.54) is 33.5 Å². The van der Waals surface area contributed by atoms with Crippen molar-refractivity contribution < 1.29 is 18.3 Å². The first-order chi connectivity index (χ1) is 10.6. The van der Waals surface area contributed by atoms with Crippen LogP contribution in [0.1, 0.15) is 32.1 Å². The van der Waals surface area contributed by atoms with Crippen LogP contribution in [0.3, 0.4) is 0 Å². The van der Waals surface area contributed by atoms with Crippen LogP contribution in [0.25, 0.3) is 0 Å². The lowest BCUT2D eigenvalue weighted by molar-refractivity contribution is 0.244. The highest BCUT2D eigenvalue weighted by atomic mass is 31.2. The summed E-state index contributed by atoms with van der Waals surface area (Å²) in [6.45, 7) is 0. The van der Waals surface area contributed by atoms with E-state index in [0.717, 1.165) is 24.3 Å². The molecule has 0 bridgehead atoms. The summed E-state index contributed by atoms with van der Waals surface area (Å²) in [6, 6.07) is 7.60. The Morgan fingerprint density at radius 2 is 1.64 bits per heavy atom. The highest BCUT2D eigenvalue weighted by molar-refractivity contribution is 7.54. The van der Waals surface area contributed by atoms with E-state index in [-0.39, 0.29) is 5.78 Å². The standard InChI is InChI=1S/C16H26NO4P/c1-19-15-11-9-14(10-12-15)17-16(22(18,20-2)21-3)13-7-5-4-6-8-13/h9-13,16-17H,4-8H2,1-3H3/t16-/m1/s1. The average molecular weight is 327 g/mol. The van der Waals surface area contributed by atoms with E-state index in [1.54, 1.807) is 7.11 Å². The second kappa shape index (κ2) is 8.00. The summed E-state index contributed by atoms with van der Waals surface area (Å²) in [4.78, 5) is 0. The van der Waals surface area contributed by atoms with Crippen molar-refractivity contribution in [2.45, 2.75) is 37.9 Å². The molecular weight excluding hydrogens is 301 g/mol. The van der Waals surface area contributed by atoms with Crippen LogP contribution in [0.2, 0.25) is 0 Å². The van der Waals surface area contributed by atoms with Crippen molar-refractivity contribution >= 4 is 13.3 Å². The van der Waals surface area contributed by atoms with Crippen molar-refractivity contribution in [2.75, 3.05) is 26.6 Å². The number of nitrogens with one attached hydrogen (secondary N) is 1. The Morgan fingerprint density at radius 3 is 2.14 bits per heavy atom. The third kappa shape index (κ3) is 4.03. The van der Waals surface area contributed by atoms with E-state index < -0.39 is 7.60 Å². The van der Waals surface area contributed by atoms with Crippen LogP contribution in [0.15, 0.2) is 24.3 Å². The highest BCUT2D eigenvalue weighted by Crippen LogP contribution is 2.56. The van der Waals surface area contributed by atoms with Crippen LogP contribution in [-0.2, 0) is 13.6 Å². The van der Waals surface area contributed by atoms with Crippen LogP contribution in [0.4, 0.5) is 5.69 Å². The van der Waals surface area contributed by atoms with Crippen molar-refractivity contribution in [3.63, 3.8) is 0 Å². The summed E-state index contributed by atoms with van der Waals surface area (Å²) in [7, 11) is 1.36. The molecular formula is C16H26NO4P. The van der Waals surface area contributed by atoms with Gasteiger partial charge in [-0.25, -0.2) is 0 Å². The average Bonchev–Trinajstić information content (AvgIpc) is 2.60. The first-order valence-electron chi connectivity index (χ1n) is 7.74. The molecule has 0 unspecified atom stereocenters. The van der Waals surface area contributed by atoms with E-state index >= 15 is 0 Å². The molecule has 2 rings (SSSR count). The minimum absolute atomic E-state index is 0.293. The third-order valence-corrected chi connectivity index (χ3v) is 6.60. The predicted molar refractivity (Wildman–Crippen MR) is 88.6 cm³/mol. The molecule has 0 heterocycles. The van der Waals surface area contributed by atoms with Gasteiger partial charge < -0.3 is 19.1 Å². The van der Waals surface area contributed by atoms with Crippen LogP contribution >= 0.6 is 7.60 Å². The largest absolute Gasteiger partial charge is 0.497 e. The zero-order valence-corrected chi connectivity index (χ0v) is 14.5. The smallest absolute Gasteiger partial charge is 0.352 e. The summed E-state index contributed by atoms with van der Waals surface area (Å²) in [5, 5.41) is 3.37. The first kappa shape index (κ1) is 17.3. The molecule has 1 N–H and O–H groups in total. The van der Waals surface area contributed by atoms with Gasteiger partial charge in [0.1, 0.15) is 11.5 Å². The highest BCUT2D eigenvalue weighted by Gasteiger charge is 2.40. The lowest BCUT2D eigenvalue weighted by Crippen LogP contribution is -2.31. The maximum atomic E-state index is 12.9. The van der Waals surface area contributed by atoms with E-state index in [1.807, 2.05) is 24.3 Å². The molecule has 1 aliphatic carbocycles. The molecule has 1 aliphatic rings. The van der Waals surface area contributed by atoms with Gasteiger partial charge in [0.15, 0.2) is 0 Å². The van der Waals surface area contributed by atoms with Gasteiger partial charge >= 0.3 is 7.60 Å². The number of rotatable bonds is 7. The molecule has 0 saturated heterocycles. The van der Waals surface area contributed by atoms with E-state index in [2.05, 4.69) is 5.32 Å². The van der Waals surface area contributed by atoms with Gasteiger partial charge in [-0.05, 0) is 43.0 Å². The SMILES string of the molecule is COc1ccc(N[C@@H](C2CCCCC2)P(=O)(OC)OC)cc1. The van der Waals surface area contributed by atoms with E-state index in [4.69, 9.17) is 13.8 Å². The number of hydrogen-bond acceptors (Lipinski definition) is 5. The molecule has 1 aromatic rings. The minimum Gasteiger partial charge on any atom is -0.497 e. The second-order valence-electron chi connectivity index (χ2n) is 5.62.